The Hall–Kier alpha value is -4.58. The van der Waals surface area contributed by atoms with Crippen LogP contribution in [0, 0.1) is 53.4 Å². The van der Waals surface area contributed by atoms with Crippen molar-refractivity contribution in [2.75, 3.05) is 32.4 Å². The average molecular weight is 539 g/mol. The van der Waals surface area contributed by atoms with Gasteiger partial charge in [-0.25, -0.2) is 14.4 Å². The molecule has 0 heterocycles. The zero-order valence-corrected chi connectivity index (χ0v) is 24.3. The van der Waals surface area contributed by atoms with Gasteiger partial charge in [-0.15, -0.1) is 0 Å². The van der Waals surface area contributed by atoms with Crippen molar-refractivity contribution >= 4 is 35.1 Å². The molecule has 9 heteroatoms. The van der Waals surface area contributed by atoms with Gasteiger partial charge >= 0.3 is 17.9 Å². The zero-order valence-electron chi connectivity index (χ0n) is 24.3. The fourth-order valence-electron chi connectivity index (χ4n) is 2.84. The molecule has 2 rings (SSSR count). The van der Waals surface area contributed by atoms with Crippen molar-refractivity contribution in [3.05, 3.63) is 69.4 Å². The lowest BCUT2D eigenvalue weighted by molar-refractivity contribution is -0.138. The first-order valence-electron chi connectivity index (χ1n) is 11.8. The Labute approximate surface area is 230 Å². The highest BCUT2D eigenvalue weighted by molar-refractivity contribution is 6.00. The van der Waals surface area contributed by atoms with Crippen LogP contribution in [0.2, 0.25) is 0 Å². The molecule has 39 heavy (non-hydrogen) atoms. The third kappa shape index (κ3) is 12.0. The fourth-order valence-corrected chi connectivity index (χ4v) is 2.84. The molecule has 0 amide bonds. The first-order valence-corrected chi connectivity index (χ1v) is 11.8. The van der Waals surface area contributed by atoms with Gasteiger partial charge in [-0.2, -0.15) is 0 Å². The maximum atomic E-state index is 11.7. The van der Waals surface area contributed by atoms with Crippen molar-refractivity contribution in [3.8, 4) is 11.8 Å². The number of nitrogens with two attached hydrogens (primary N) is 1. The molecule has 0 saturated carbocycles. The molecule has 210 valence electrons. The molecule has 0 aliphatic carbocycles. The normalized spacial score (nSPS) is 9.74. The first-order chi connectivity index (χ1) is 18.2. The number of nitrogen functional groups attached to an aromatic ring is 1. The number of ketones is 1. The first kappa shape index (κ1) is 34.4. The van der Waals surface area contributed by atoms with E-state index < -0.39 is 17.9 Å². The number of anilines is 2. The smallest absolute Gasteiger partial charge is 0.384 e. The van der Waals surface area contributed by atoms with E-state index in [9.17, 15) is 19.2 Å². The monoisotopic (exact) mass is 538 g/mol. The van der Waals surface area contributed by atoms with Crippen molar-refractivity contribution < 1.29 is 33.4 Å². The summed E-state index contributed by atoms with van der Waals surface area (Å²) in [5.74, 6) is 1.71. The van der Waals surface area contributed by atoms with Crippen molar-refractivity contribution in [2.24, 2.45) is 0 Å². The van der Waals surface area contributed by atoms with Crippen LogP contribution < -0.4 is 11.1 Å². The second-order valence-electron chi connectivity index (χ2n) is 8.40. The van der Waals surface area contributed by atoms with Crippen molar-refractivity contribution in [1.29, 1.82) is 0 Å². The van der Waals surface area contributed by atoms with E-state index in [1.807, 2.05) is 50.8 Å². The van der Waals surface area contributed by atoms with Crippen LogP contribution in [0.4, 0.5) is 11.4 Å². The van der Waals surface area contributed by atoms with Gasteiger partial charge in [0.2, 0.25) is 5.78 Å². The molecule has 0 saturated heterocycles. The second kappa shape index (κ2) is 17.0. The highest BCUT2D eigenvalue weighted by Gasteiger charge is 2.14. The van der Waals surface area contributed by atoms with Gasteiger partial charge in [0.05, 0.1) is 27.4 Å². The van der Waals surface area contributed by atoms with E-state index in [4.69, 9.17) is 5.73 Å². The van der Waals surface area contributed by atoms with Gasteiger partial charge in [-0.05, 0) is 93.0 Å². The number of benzene rings is 2. The summed E-state index contributed by atoms with van der Waals surface area (Å²) in [6.07, 6.45) is 1.07. The Balaban J connectivity index is 0.000000632. The van der Waals surface area contributed by atoms with E-state index >= 15 is 0 Å². The number of methoxy groups -OCH3 is 3. The van der Waals surface area contributed by atoms with Crippen LogP contribution in [0.1, 0.15) is 40.3 Å². The van der Waals surface area contributed by atoms with Crippen LogP contribution in [0.15, 0.2) is 36.0 Å². The molecule has 9 nitrogen and oxygen atoms in total. The van der Waals surface area contributed by atoms with Gasteiger partial charge in [0.25, 0.3) is 0 Å². The number of rotatable bonds is 4. The topological polar surface area (TPSA) is 134 Å². The maximum Gasteiger partial charge on any atom is 0.384 e. The molecule has 3 N–H and O–H groups in total. The number of carbonyl (C=O) groups excluding carboxylic acids is 4. The Morgan fingerprint density at radius 3 is 1.74 bits per heavy atom. The second-order valence-corrected chi connectivity index (χ2v) is 8.40. The number of nitrogens with one attached hydrogen (secondary N) is 1. The van der Waals surface area contributed by atoms with Crippen molar-refractivity contribution in [1.82, 2.24) is 0 Å². The van der Waals surface area contributed by atoms with Gasteiger partial charge in [0.15, 0.2) is 0 Å². The largest absolute Gasteiger partial charge is 0.466 e. The molecule has 0 spiro atoms. The molecule has 0 atom stereocenters. The summed E-state index contributed by atoms with van der Waals surface area (Å²) in [5, 5.41) is 2.92. The number of carbonyl (C=O) groups is 4. The SMILES string of the molecule is COC(=O)/C=C(/Nc1ccc(C)c(C)c1C)C(=O)OC.COC(=O)C#CC(C)=O.Cc1ccc(N)c(C)c1C. The van der Waals surface area contributed by atoms with Crippen LogP contribution in [0.3, 0.4) is 0 Å². The summed E-state index contributed by atoms with van der Waals surface area (Å²) in [7, 11) is 3.70. The minimum absolute atomic E-state index is 0.0331. The summed E-state index contributed by atoms with van der Waals surface area (Å²) in [6.45, 7) is 13.5. The number of ether oxygens (including phenoxy) is 3. The Morgan fingerprint density at radius 2 is 1.28 bits per heavy atom. The Morgan fingerprint density at radius 1 is 0.744 bits per heavy atom. The molecule has 0 bridgehead atoms. The van der Waals surface area contributed by atoms with Gasteiger partial charge in [0.1, 0.15) is 5.70 Å². The molecule has 0 aliphatic heterocycles. The highest BCUT2D eigenvalue weighted by Crippen LogP contribution is 2.23. The standard InChI is InChI=1S/C15H19NO4.C9H13N.C6H6O3/c1-9-6-7-12(11(3)10(9)2)16-13(15(18)20-5)8-14(17)19-4;1-6-4-5-9(10)8(3)7(6)2;1-5(7)3-4-6(8)9-2/h6-8,16H,1-5H3;4-5H,10H2,1-3H3;1-2H3/b13-8+;;. The minimum Gasteiger partial charge on any atom is -0.466 e. The molecule has 2 aromatic rings. The molecule has 0 aromatic heterocycles. The molecule has 0 unspecified atom stereocenters. The van der Waals surface area contributed by atoms with Crippen LogP contribution in [0.5, 0.6) is 0 Å². The molecule has 2 aromatic carbocycles. The van der Waals surface area contributed by atoms with Crippen molar-refractivity contribution in [3.63, 3.8) is 0 Å². The van der Waals surface area contributed by atoms with E-state index in [0.717, 1.165) is 34.1 Å². The molecular formula is C30H38N2O7. The molecular weight excluding hydrogens is 500 g/mol. The molecule has 0 aliphatic rings. The minimum atomic E-state index is -0.690. The van der Waals surface area contributed by atoms with Gasteiger partial charge < -0.3 is 25.3 Å². The summed E-state index contributed by atoms with van der Waals surface area (Å²) in [6, 6.07) is 7.80. The molecule has 0 fully saturated rings. The van der Waals surface area contributed by atoms with E-state index in [2.05, 4.69) is 46.4 Å². The van der Waals surface area contributed by atoms with E-state index in [-0.39, 0.29) is 11.5 Å². The maximum absolute atomic E-state index is 11.7. The lowest BCUT2D eigenvalue weighted by Crippen LogP contribution is -2.16. The Kier molecular flexibility index (Phi) is 15.0. The zero-order chi connectivity index (χ0) is 30.3. The summed E-state index contributed by atoms with van der Waals surface area (Å²) >= 11 is 0. The van der Waals surface area contributed by atoms with Gasteiger partial charge in [-0.1, -0.05) is 12.1 Å². The summed E-state index contributed by atoms with van der Waals surface area (Å²) in [4.78, 5) is 43.2. The lowest BCUT2D eigenvalue weighted by atomic mass is 10.0. The van der Waals surface area contributed by atoms with Crippen LogP contribution in [-0.4, -0.2) is 45.0 Å². The summed E-state index contributed by atoms with van der Waals surface area (Å²) in [5.41, 5.74) is 14.5. The van der Waals surface area contributed by atoms with Crippen molar-refractivity contribution in [2.45, 2.75) is 48.5 Å². The van der Waals surface area contributed by atoms with E-state index in [1.54, 1.807) is 0 Å². The number of aryl methyl sites for hydroxylation is 2. The summed E-state index contributed by atoms with van der Waals surface area (Å²) < 4.78 is 13.3. The van der Waals surface area contributed by atoms with Crippen LogP contribution >= 0.6 is 0 Å². The number of hydrogen-bond donors (Lipinski definition) is 2. The Bertz CT molecular complexity index is 1270. The van der Waals surface area contributed by atoms with Gasteiger partial charge in [0, 0.05) is 24.2 Å². The quantitative estimate of drug-likeness (QED) is 0.112. The van der Waals surface area contributed by atoms with Crippen LogP contribution in [0.25, 0.3) is 0 Å². The third-order valence-electron chi connectivity index (χ3n) is 5.82. The molecule has 0 radical (unpaired) electrons. The average Bonchev–Trinajstić information content (AvgIpc) is 2.92. The van der Waals surface area contributed by atoms with E-state index in [0.29, 0.717) is 0 Å². The van der Waals surface area contributed by atoms with Crippen LogP contribution in [-0.2, 0) is 33.4 Å². The predicted octanol–water partition coefficient (Wildman–Crippen LogP) is 4.20. The number of Topliss-reactive ketones (excluding diaryl/α,β-unsaturated/α-hetero) is 1. The van der Waals surface area contributed by atoms with E-state index in [1.165, 1.54) is 44.9 Å². The third-order valence-corrected chi connectivity index (χ3v) is 5.82. The highest BCUT2D eigenvalue weighted by atomic mass is 16.5. The predicted molar refractivity (Wildman–Crippen MR) is 152 cm³/mol. The number of esters is 3. The van der Waals surface area contributed by atoms with Gasteiger partial charge in [-0.3, -0.25) is 4.79 Å². The fraction of sp³-hybridized carbons (Fsp3) is 0.333. The lowest BCUT2D eigenvalue weighted by Gasteiger charge is -2.14. The number of hydrogen-bond acceptors (Lipinski definition) is 9.